The normalized spacial score (nSPS) is 12.9. The SMILES string of the molecule is CC(OC(=O)c1ccc(Cl)c(S(N)(=O)=O)c1)C(=O)Nc1ccc(Cl)c(C(F)(F)F)c1. The minimum atomic E-state index is -4.73. The van der Waals surface area contributed by atoms with Crippen LogP contribution >= 0.6 is 23.2 Å². The third kappa shape index (κ3) is 5.85. The average molecular weight is 485 g/mol. The zero-order valence-electron chi connectivity index (χ0n) is 15.0. The second-order valence-electron chi connectivity index (χ2n) is 5.92. The Morgan fingerprint density at radius 3 is 2.27 bits per heavy atom. The number of sulfonamides is 1. The highest BCUT2D eigenvalue weighted by Crippen LogP contribution is 2.36. The Kier molecular flexibility index (Phi) is 7.02. The maximum Gasteiger partial charge on any atom is 0.417 e. The number of hydrogen-bond donors (Lipinski definition) is 2. The summed E-state index contributed by atoms with van der Waals surface area (Å²) in [7, 11) is -4.22. The molecule has 0 fully saturated rings. The zero-order chi connectivity index (χ0) is 22.9. The molecule has 0 radical (unpaired) electrons. The molecule has 1 unspecified atom stereocenters. The Labute approximate surface area is 179 Å². The van der Waals surface area contributed by atoms with Gasteiger partial charge in [-0.05, 0) is 43.3 Å². The van der Waals surface area contributed by atoms with Crippen LogP contribution < -0.4 is 10.5 Å². The van der Waals surface area contributed by atoms with E-state index < -0.39 is 49.7 Å². The van der Waals surface area contributed by atoms with Gasteiger partial charge >= 0.3 is 12.1 Å². The Bertz CT molecular complexity index is 1110. The predicted octanol–water partition coefficient (Wildman–Crippen LogP) is 3.84. The molecule has 0 aromatic heterocycles. The van der Waals surface area contributed by atoms with Gasteiger partial charge in [0.25, 0.3) is 5.91 Å². The van der Waals surface area contributed by atoms with Crippen LogP contribution in [0, 0.1) is 0 Å². The number of amides is 1. The molecule has 2 aromatic carbocycles. The molecule has 1 atom stereocenters. The number of esters is 1. The molecule has 0 aliphatic heterocycles. The molecule has 0 spiro atoms. The highest BCUT2D eigenvalue weighted by Gasteiger charge is 2.33. The van der Waals surface area contributed by atoms with E-state index in [0.717, 1.165) is 30.3 Å². The lowest BCUT2D eigenvalue weighted by atomic mass is 10.2. The summed E-state index contributed by atoms with van der Waals surface area (Å²) in [5.41, 5.74) is -1.63. The molecule has 0 saturated carbocycles. The smallest absolute Gasteiger partial charge is 0.417 e. The summed E-state index contributed by atoms with van der Waals surface area (Å²) in [5.74, 6) is -2.01. The Balaban J connectivity index is 2.14. The van der Waals surface area contributed by atoms with E-state index in [1.54, 1.807) is 0 Å². The molecule has 30 heavy (non-hydrogen) atoms. The summed E-state index contributed by atoms with van der Waals surface area (Å²) in [6.07, 6.45) is -6.16. The van der Waals surface area contributed by atoms with Crippen LogP contribution in [-0.2, 0) is 25.7 Å². The molecular weight excluding hydrogens is 472 g/mol. The van der Waals surface area contributed by atoms with Crippen LogP contribution in [0.2, 0.25) is 10.0 Å². The number of hydrogen-bond acceptors (Lipinski definition) is 5. The summed E-state index contributed by atoms with van der Waals surface area (Å²) in [6.45, 7) is 1.17. The molecule has 0 heterocycles. The van der Waals surface area contributed by atoms with Gasteiger partial charge in [0, 0.05) is 5.69 Å². The number of nitrogens with one attached hydrogen (secondary N) is 1. The van der Waals surface area contributed by atoms with E-state index in [-0.39, 0.29) is 16.3 Å². The van der Waals surface area contributed by atoms with Crippen molar-refractivity contribution >= 4 is 50.8 Å². The lowest BCUT2D eigenvalue weighted by Gasteiger charge is -2.15. The molecule has 0 saturated heterocycles. The minimum absolute atomic E-state index is 0.219. The molecule has 7 nitrogen and oxygen atoms in total. The third-order valence-electron chi connectivity index (χ3n) is 3.67. The monoisotopic (exact) mass is 484 g/mol. The van der Waals surface area contributed by atoms with Crippen LogP contribution in [0.4, 0.5) is 18.9 Å². The van der Waals surface area contributed by atoms with Crippen LogP contribution in [0.3, 0.4) is 0 Å². The number of benzene rings is 2. The van der Waals surface area contributed by atoms with Crippen molar-refractivity contribution in [2.24, 2.45) is 5.14 Å². The molecule has 2 aromatic rings. The van der Waals surface area contributed by atoms with Crippen molar-refractivity contribution in [1.82, 2.24) is 0 Å². The van der Waals surface area contributed by atoms with Crippen molar-refractivity contribution in [3.05, 3.63) is 57.6 Å². The Morgan fingerprint density at radius 1 is 1.10 bits per heavy atom. The van der Waals surface area contributed by atoms with Crippen LogP contribution in [0.15, 0.2) is 41.3 Å². The van der Waals surface area contributed by atoms with Crippen molar-refractivity contribution in [2.75, 3.05) is 5.32 Å². The van der Waals surface area contributed by atoms with Gasteiger partial charge in [-0.1, -0.05) is 23.2 Å². The summed E-state index contributed by atoms with van der Waals surface area (Å²) < 4.78 is 66.6. The Morgan fingerprint density at radius 2 is 1.70 bits per heavy atom. The molecule has 0 aliphatic carbocycles. The molecule has 13 heteroatoms. The molecule has 2 rings (SSSR count). The maximum atomic E-state index is 12.9. The minimum Gasteiger partial charge on any atom is -0.449 e. The fourth-order valence-corrected chi connectivity index (χ4v) is 3.49. The van der Waals surface area contributed by atoms with Crippen molar-refractivity contribution in [3.8, 4) is 0 Å². The first-order valence-electron chi connectivity index (χ1n) is 7.91. The van der Waals surface area contributed by atoms with Crippen molar-refractivity contribution < 1.29 is 35.9 Å². The topological polar surface area (TPSA) is 116 Å². The fourth-order valence-electron chi connectivity index (χ4n) is 2.19. The largest absolute Gasteiger partial charge is 0.449 e. The van der Waals surface area contributed by atoms with Gasteiger partial charge in [-0.15, -0.1) is 0 Å². The van der Waals surface area contributed by atoms with Gasteiger partial charge in [-0.25, -0.2) is 18.4 Å². The van der Waals surface area contributed by atoms with Gasteiger partial charge in [-0.2, -0.15) is 13.2 Å². The summed E-state index contributed by atoms with van der Waals surface area (Å²) >= 11 is 11.2. The molecule has 1 amide bonds. The predicted molar refractivity (Wildman–Crippen MR) is 103 cm³/mol. The zero-order valence-corrected chi connectivity index (χ0v) is 17.3. The van der Waals surface area contributed by atoms with Gasteiger partial charge in [-0.3, -0.25) is 4.79 Å². The number of halogens is 5. The van der Waals surface area contributed by atoms with Gasteiger partial charge in [0.2, 0.25) is 10.0 Å². The maximum absolute atomic E-state index is 12.9. The summed E-state index contributed by atoms with van der Waals surface area (Å²) in [6, 6.07) is 5.86. The highest BCUT2D eigenvalue weighted by atomic mass is 35.5. The number of carbonyl (C=O) groups excluding carboxylic acids is 2. The van der Waals surface area contributed by atoms with E-state index in [0.29, 0.717) is 6.07 Å². The van der Waals surface area contributed by atoms with Gasteiger partial charge in [0.05, 0.1) is 21.2 Å². The van der Waals surface area contributed by atoms with Crippen LogP contribution in [0.5, 0.6) is 0 Å². The van der Waals surface area contributed by atoms with E-state index in [1.165, 1.54) is 6.92 Å². The first-order chi connectivity index (χ1) is 13.7. The van der Waals surface area contributed by atoms with Crippen molar-refractivity contribution in [3.63, 3.8) is 0 Å². The fraction of sp³-hybridized carbons (Fsp3) is 0.176. The van der Waals surface area contributed by atoms with E-state index >= 15 is 0 Å². The lowest BCUT2D eigenvalue weighted by Crippen LogP contribution is -2.30. The summed E-state index contributed by atoms with van der Waals surface area (Å²) in [5, 5.41) is 6.40. The molecule has 0 bridgehead atoms. The van der Waals surface area contributed by atoms with Gasteiger partial charge < -0.3 is 10.1 Å². The van der Waals surface area contributed by atoms with Crippen LogP contribution in [0.1, 0.15) is 22.8 Å². The molecular formula is C17H13Cl2F3N2O5S. The number of primary sulfonamides is 1. The number of anilines is 1. The molecule has 3 N–H and O–H groups in total. The van der Waals surface area contributed by atoms with Crippen molar-refractivity contribution in [1.29, 1.82) is 0 Å². The average Bonchev–Trinajstić information content (AvgIpc) is 2.61. The molecule has 162 valence electrons. The van der Waals surface area contributed by atoms with Gasteiger partial charge in [0.15, 0.2) is 6.10 Å². The van der Waals surface area contributed by atoms with E-state index in [1.807, 2.05) is 0 Å². The van der Waals surface area contributed by atoms with E-state index in [9.17, 15) is 31.2 Å². The van der Waals surface area contributed by atoms with E-state index in [2.05, 4.69) is 5.32 Å². The quantitative estimate of drug-likeness (QED) is 0.625. The summed E-state index contributed by atoms with van der Waals surface area (Å²) in [4.78, 5) is 23.8. The highest BCUT2D eigenvalue weighted by molar-refractivity contribution is 7.89. The third-order valence-corrected chi connectivity index (χ3v) is 5.39. The number of rotatable bonds is 5. The van der Waals surface area contributed by atoms with E-state index in [4.69, 9.17) is 33.1 Å². The van der Waals surface area contributed by atoms with Crippen molar-refractivity contribution in [2.45, 2.75) is 24.1 Å². The lowest BCUT2D eigenvalue weighted by molar-refractivity contribution is -0.137. The number of alkyl halides is 3. The second kappa shape index (κ2) is 8.80. The first-order valence-corrected chi connectivity index (χ1v) is 10.2. The first kappa shape index (κ1) is 23.9. The second-order valence-corrected chi connectivity index (χ2v) is 8.26. The van der Waals surface area contributed by atoms with Gasteiger partial charge in [0.1, 0.15) is 4.90 Å². The van der Waals surface area contributed by atoms with Crippen LogP contribution in [0.25, 0.3) is 0 Å². The molecule has 0 aliphatic rings. The Hall–Kier alpha value is -2.34. The number of carbonyl (C=O) groups is 2. The standard InChI is InChI=1S/C17H13Cl2F3N2O5S/c1-8(15(25)24-10-3-5-12(18)11(7-10)17(20,21)22)29-16(26)9-2-4-13(19)14(6-9)30(23,27)28/h2-8H,1H3,(H,24,25)(H2,23,27,28). The number of nitrogens with two attached hydrogens (primary N) is 1. The van der Waals surface area contributed by atoms with Crippen LogP contribution in [-0.4, -0.2) is 26.4 Å². The number of ether oxygens (including phenoxy) is 1.